The van der Waals surface area contributed by atoms with E-state index >= 15 is 0 Å². The molecule has 3 fully saturated rings. The van der Waals surface area contributed by atoms with E-state index in [0.29, 0.717) is 6.42 Å². The molecular weight excluding hydrogens is 360 g/mol. The Balaban J connectivity index is 1.78. The van der Waals surface area contributed by atoms with E-state index in [4.69, 9.17) is 0 Å². The normalized spacial score (nSPS) is 49.7. The Kier molecular flexibility index (Phi) is 4.09. The molecule has 6 heteroatoms. The molecule has 28 heavy (non-hydrogen) atoms. The van der Waals surface area contributed by atoms with Crippen LogP contribution in [0.15, 0.2) is 23.8 Å². The molecule has 0 aromatic rings. The molecule has 0 amide bonds. The summed E-state index contributed by atoms with van der Waals surface area (Å²) in [5.74, 6) is -2.82. The van der Waals surface area contributed by atoms with Crippen molar-refractivity contribution in [3.63, 3.8) is 0 Å². The Morgan fingerprint density at radius 3 is 2.57 bits per heavy atom. The monoisotopic (exact) mass is 388 g/mol. The van der Waals surface area contributed by atoms with E-state index in [1.807, 2.05) is 6.08 Å². The van der Waals surface area contributed by atoms with Gasteiger partial charge in [0.2, 0.25) is 0 Å². The summed E-state index contributed by atoms with van der Waals surface area (Å²) < 4.78 is 0. The molecule has 0 radical (unpaired) electrons. The highest BCUT2D eigenvalue weighted by Crippen LogP contribution is 2.67. The fourth-order valence-electron chi connectivity index (χ4n) is 7.30. The van der Waals surface area contributed by atoms with Gasteiger partial charge in [-0.2, -0.15) is 0 Å². The minimum Gasteiger partial charge on any atom is -0.475 e. The lowest BCUT2D eigenvalue weighted by Crippen LogP contribution is -2.62. The van der Waals surface area contributed by atoms with Crippen LogP contribution in [0.1, 0.15) is 46.5 Å². The van der Waals surface area contributed by atoms with Crippen LogP contribution in [0.4, 0.5) is 0 Å². The topological polar surface area (TPSA) is 112 Å². The fourth-order valence-corrected chi connectivity index (χ4v) is 7.30. The number of aliphatic carboxylic acids is 1. The van der Waals surface area contributed by atoms with Crippen molar-refractivity contribution in [2.75, 3.05) is 0 Å². The zero-order valence-electron chi connectivity index (χ0n) is 16.5. The second-order valence-electron chi connectivity index (χ2n) is 9.77. The molecule has 3 saturated carbocycles. The number of ketones is 2. The van der Waals surface area contributed by atoms with Crippen molar-refractivity contribution in [2.45, 2.75) is 58.2 Å². The van der Waals surface area contributed by atoms with Crippen molar-refractivity contribution >= 4 is 17.5 Å². The predicted molar refractivity (Wildman–Crippen MR) is 100 cm³/mol. The van der Waals surface area contributed by atoms with Gasteiger partial charge < -0.3 is 15.3 Å². The van der Waals surface area contributed by atoms with Crippen molar-refractivity contribution in [3.8, 4) is 0 Å². The summed E-state index contributed by atoms with van der Waals surface area (Å²) in [4.78, 5) is 35.7. The Morgan fingerprint density at radius 2 is 1.93 bits per heavy atom. The summed E-state index contributed by atoms with van der Waals surface area (Å²) in [6.45, 7) is 5.91. The van der Waals surface area contributed by atoms with Crippen molar-refractivity contribution < 1.29 is 29.7 Å². The number of carbonyl (C=O) groups excluding carboxylic acids is 2. The molecule has 0 heterocycles. The number of carboxylic acid groups (broad SMARTS) is 1. The molecular formula is C22H28O6. The zero-order valence-corrected chi connectivity index (χ0v) is 16.5. The van der Waals surface area contributed by atoms with Crippen LogP contribution in [0.25, 0.3) is 0 Å². The lowest BCUT2D eigenvalue weighted by molar-refractivity contribution is -0.184. The summed E-state index contributed by atoms with van der Waals surface area (Å²) in [5, 5.41) is 31.6. The van der Waals surface area contributed by atoms with Crippen LogP contribution in [-0.2, 0) is 14.4 Å². The zero-order chi connectivity index (χ0) is 20.6. The summed E-state index contributed by atoms with van der Waals surface area (Å²) in [7, 11) is 0. The maximum absolute atomic E-state index is 12.4. The summed E-state index contributed by atoms with van der Waals surface area (Å²) in [6.07, 6.45) is 5.97. The van der Waals surface area contributed by atoms with Crippen LogP contribution in [0.5, 0.6) is 0 Å². The molecule has 6 nitrogen and oxygen atoms in total. The highest BCUT2D eigenvalue weighted by molar-refractivity contribution is 6.36. The van der Waals surface area contributed by atoms with E-state index in [2.05, 4.69) is 13.8 Å². The molecule has 0 aromatic heterocycles. The number of hydrogen-bond acceptors (Lipinski definition) is 5. The highest BCUT2D eigenvalue weighted by Gasteiger charge is 2.69. The fraction of sp³-hybridized carbons (Fsp3) is 0.682. The quantitative estimate of drug-likeness (QED) is 0.623. The maximum atomic E-state index is 12.4. The smallest absolute Gasteiger partial charge is 0.375 e. The number of hydrogen-bond donors (Lipinski definition) is 3. The third-order valence-electron chi connectivity index (χ3n) is 8.54. The van der Waals surface area contributed by atoms with Crippen molar-refractivity contribution in [3.05, 3.63) is 23.8 Å². The first-order chi connectivity index (χ1) is 13.0. The first kappa shape index (κ1) is 19.5. The van der Waals surface area contributed by atoms with Gasteiger partial charge in [0.15, 0.2) is 5.78 Å². The minimum atomic E-state index is -1.95. The molecule has 4 aliphatic carbocycles. The Morgan fingerprint density at radius 1 is 1.25 bits per heavy atom. The molecule has 0 aromatic carbocycles. The van der Waals surface area contributed by atoms with E-state index in [1.165, 1.54) is 0 Å². The predicted octanol–water partition coefficient (Wildman–Crippen LogP) is 1.90. The number of aliphatic hydroxyl groups is 2. The van der Waals surface area contributed by atoms with Gasteiger partial charge in [-0.15, -0.1) is 0 Å². The highest BCUT2D eigenvalue weighted by atomic mass is 16.4. The second kappa shape index (κ2) is 5.86. The standard InChI is InChI=1S/C22H28O6/c1-11-8-13-14-5-7-22(28,18(25)19(26)27)21(14,3)10-16(24)17(13)20(2)6-4-12(23)9-15(11)20/h4,6,9,11,13-14,16-17,24,28H,5,7-8,10H2,1-3H3,(H,26,27)/t11-,13-,14-,16-,17+,20-,21-,22-/m0/s1. The first-order valence-electron chi connectivity index (χ1n) is 10.1. The summed E-state index contributed by atoms with van der Waals surface area (Å²) >= 11 is 0. The molecule has 152 valence electrons. The minimum absolute atomic E-state index is 0.0322. The van der Waals surface area contributed by atoms with Crippen LogP contribution >= 0.6 is 0 Å². The van der Waals surface area contributed by atoms with E-state index in [0.717, 1.165) is 12.0 Å². The van der Waals surface area contributed by atoms with Gasteiger partial charge in [-0.05, 0) is 55.6 Å². The number of Topliss-reactive ketones (excluding diaryl/α,β-unsaturated/α-hetero) is 1. The number of rotatable bonds is 2. The van der Waals surface area contributed by atoms with Crippen molar-refractivity contribution in [1.82, 2.24) is 0 Å². The van der Waals surface area contributed by atoms with Crippen LogP contribution in [0.3, 0.4) is 0 Å². The van der Waals surface area contributed by atoms with Gasteiger partial charge in [-0.25, -0.2) is 4.79 Å². The average molecular weight is 388 g/mol. The first-order valence-corrected chi connectivity index (χ1v) is 10.1. The lowest BCUT2D eigenvalue weighted by atomic mass is 9.45. The average Bonchev–Trinajstić information content (AvgIpc) is 2.87. The van der Waals surface area contributed by atoms with Gasteiger partial charge in [0.05, 0.1) is 6.10 Å². The molecule has 0 saturated heterocycles. The summed E-state index contributed by atoms with van der Waals surface area (Å²) in [5.41, 5.74) is -2.34. The van der Waals surface area contributed by atoms with Gasteiger partial charge in [0.1, 0.15) is 5.60 Å². The van der Waals surface area contributed by atoms with E-state index in [1.54, 1.807) is 19.1 Å². The number of carbonyl (C=O) groups is 3. The summed E-state index contributed by atoms with van der Waals surface area (Å²) in [6, 6.07) is 0. The maximum Gasteiger partial charge on any atom is 0.375 e. The van der Waals surface area contributed by atoms with Crippen LogP contribution in [0.2, 0.25) is 0 Å². The molecule has 8 atom stereocenters. The van der Waals surface area contributed by atoms with Crippen LogP contribution in [0, 0.1) is 34.5 Å². The molecule has 3 N–H and O–H groups in total. The molecule has 0 unspecified atom stereocenters. The van der Waals surface area contributed by atoms with E-state index in [-0.39, 0.29) is 42.3 Å². The molecule has 0 spiro atoms. The van der Waals surface area contributed by atoms with Gasteiger partial charge in [-0.3, -0.25) is 9.59 Å². The Labute approximate surface area is 164 Å². The van der Waals surface area contributed by atoms with Gasteiger partial charge in [-0.1, -0.05) is 32.4 Å². The van der Waals surface area contributed by atoms with Gasteiger partial charge in [0, 0.05) is 16.7 Å². The number of fused-ring (bicyclic) bond motifs is 5. The van der Waals surface area contributed by atoms with Crippen molar-refractivity contribution in [1.29, 1.82) is 0 Å². The Bertz CT molecular complexity index is 827. The van der Waals surface area contributed by atoms with Gasteiger partial charge in [0.25, 0.3) is 5.78 Å². The van der Waals surface area contributed by atoms with Crippen molar-refractivity contribution in [2.24, 2.45) is 34.5 Å². The van der Waals surface area contributed by atoms with Crippen LogP contribution in [-0.4, -0.2) is 44.6 Å². The third-order valence-corrected chi connectivity index (χ3v) is 8.54. The Hall–Kier alpha value is -1.79. The molecule has 0 aliphatic heterocycles. The SMILES string of the molecule is C[C@H]1C[C@@H]2[C@H]([C@@H](O)C[C@@]3(C)[C@H]2CC[C@]3(O)C(=O)C(=O)O)[C@@]2(C)C=CC(=O)C=C12. The van der Waals surface area contributed by atoms with E-state index < -0.39 is 34.3 Å². The largest absolute Gasteiger partial charge is 0.475 e. The molecule has 4 aliphatic rings. The lowest BCUT2D eigenvalue weighted by Gasteiger charge is -2.60. The second-order valence-corrected chi connectivity index (χ2v) is 9.77. The number of allylic oxidation sites excluding steroid dienone is 4. The molecule has 0 bridgehead atoms. The van der Waals surface area contributed by atoms with E-state index in [9.17, 15) is 29.7 Å². The van der Waals surface area contributed by atoms with Gasteiger partial charge >= 0.3 is 5.97 Å². The third kappa shape index (κ3) is 2.25. The number of carboxylic acids is 1. The number of aliphatic hydroxyl groups excluding tert-OH is 1. The van der Waals surface area contributed by atoms with Crippen LogP contribution < -0.4 is 0 Å². The molecule has 4 rings (SSSR count).